The van der Waals surface area contributed by atoms with Crippen molar-refractivity contribution in [3.05, 3.63) is 75.0 Å². The molecule has 2 heterocycles. The van der Waals surface area contributed by atoms with Gasteiger partial charge in [-0.1, -0.05) is 36.4 Å². The van der Waals surface area contributed by atoms with Crippen LogP contribution in [0.2, 0.25) is 0 Å². The molecule has 2 aliphatic rings. The summed E-state index contributed by atoms with van der Waals surface area (Å²) in [5, 5.41) is 20.3. The lowest BCUT2D eigenvalue weighted by Crippen LogP contribution is -2.43. The summed E-state index contributed by atoms with van der Waals surface area (Å²) >= 11 is 2.22. The molecule has 1 fully saturated rings. The molecule has 27 heavy (non-hydrogen) atoms. The number of rotatable bonds is 2. The second-order valence-electron chi connectivity index (χ2n) is 6.95. The van der Waals surface area contributed by atoms with Crippen molar-refractivity contribution in [2.24, 2.45) is 5.92 Å². The Morgan fingerprint density at radius 1 is 1.11 bits per heavy atom. The van der Waals surface area contributed by atoms with Gasteiger partial charge in [-0.2, -0.15) is 10.5 Å². The van der Waals surface area contributed by atoms with Crippen LogP contribution in [0.5, 0.6) is 0 Å². The summed E-state index contributed by atoms with van der Waals surface area (Å²) in [5.41, 5.74) is 1.43. The molecule has 0 aromatic heterocycles. The lowest BCUT2D eigenvalue weighted by Gasteiger charge is -2.35. The smallest absolute Gasteiger partial charge is 0.222 e. The molecule has 5 heteroatoms. The molecule has 2 aromatic carbocycles. The number of fused-ring (bicyclic) bond motifs is 3. The highest BCUT2D eigenvalue weighted by atomic mass is 127. The molecule has 0 spiro atoms. The van der Waals surface area contributed by atoms with Crippen LogP contribution in [-0.2, 0) is 4.79 Å². The summed E-state index contributed by atoms with van der Waals surface area (Å²) in [5.74, 6) is -1.01. The molecular weight excluding hydrogens is 449 g/mol. The van der Waals surface area contributed by atoms with E-state index in [1.54, 1.807) is 11.8 Å². The van der Waals surface area contributed by atoms with Crippen molar-refractivity contribution in [1.29, 1.82) is 10.5 Å². The van der Waals surface area contributed by atoms with Crippen LogP contribution < -0.4 is 0 Å². The summed E-state index contributed by atoms with van der Waals surface area (Å²) in [7, 11) is 0. The predicted molar refractivity (Wildman–Crippen MR) is 110 cm³/mol. The van der Waals surface area contributed by atoms with Crippen LogP contribution >= 0.6 is 22.6 Å². The number of nitrogens with zero attached hydrogens (tertiary/aromatic N) is 3. The van der Waals surface area contributed by atoms with Crippen molar-refractivity contribution in [2.45, 2.75) is 24.4 Å². The van der Waals surface area contributed by atoms with E-state index in [-0.39, 0.29) is 11.8 Å². The summed E-state index contributed by atoms with van der Waals surface area (Å²) in [6.07, 6.45) is 3.73. The molecule has 4 nitrogen and oxygen atoms in total. The maximum absolute atomic E-state index is 12.8. The maximum atomic E-state index is 12.8. The lowest BCUT2D eigenvalue weighted by molar-refractivity contribution is -0.121. The Hall–Kier alpha value is -2.64. The van der Waals surface area contributed by atoms with Crippen LogP contribution in [0.25, 0.3) is 6.08 Å². The number of hydrogen-bond donors (Lipinski definition) is 0. The highest BCUT2D eigenvalue weighted by molar-refractivity contribution is 14.1. The third-order valence-corrected chi connectivity index (χ3v) is 6.34. The Bertz CT molecular complexity index is 1010. The van der Waals surface area contributed by atoms with Crippen LogP contribution in [0.1, 0.15) is 35.6 Å². The quantitative estimate of drug-likeness (QED) is 0.617. The number of nitriles is 2. The topological polar surface area (TPSA) is 67.9 Å². The van der Waals surface area contributed by atoms with Crippen molar-refractivity contribution >= 4 is 34.5 Å². The van der Waals surface area contributed by atoms with Gasteiger partial charge in [-0.25, -0.2) is 0 Å². The van der Waals surface area contributed by atoms with Gasteiger partial charge in [-0.15, -0.1) is 0 Å². The highest BCUT2D eigenvalue weighted by Gasteiger charge is 2.62. The number of ketones is 1. The third kappa shape index (κ3) is 2.49. The molecule has 0 amide bonds. The Kier molecular flexibility index (Phi) is 4.28. The standard InChI is InChI=1S/C22H16IN3O/c1-14(27)19-20(16-6-8-17(23)9-7-16)22(12-24,13-25)26-11-10-15-4-2-3-5-18(15)21(19)26/h2-11,19-21H,1H3/t19-,20+,21+/m0/s1. The molecular formula is C22H16IN3O. The number of carbonyl (C=O) groups excluding carboxylic acids is 1. The molecule has 0 aliphatic carbocycles. The maximum Gasteiger partial charge on any atom is 0.222 e. The molecule has 2 aromatic rings. The van der Waals surface area contributed by atoms with Gasteiger partial charge in [0.2, 0.25) is 5.54 Å². The van der Waals surface area contributed by atoms with Gasteiger partial charge < -0.3 is 4.90 Å². The molecule has 0 bridgehead atoms. The second-order valence-corrected chi connectivity index (χ2v) is 8.20. The largest absolute Gasteiger partial charge is 0.340 e. The number of benzene rings is 2. The number of Topliss-reactive ketones (excluding diaryl/α,β-unsaturated/α-hetero) is 1. The second kappa shape index (κ2) is 6.51. The SMILES string of the molecule is CC(=O)[C@@H]1[C@H]2c3ccccc3C=CN2C(C#N)(C#N)[C@@H]1c1ccc(I)cc1. The molecule has 0 N–H and O–H groups in total. The zero-order valence-electron chi connectivity index (χ0n) is 14.6. The first kappa shape index (κ1) is 17.8. The monoisotopic (exact) mass is 465 g/mol. The number of carbonyl (C=O) groups is 1. The van der Waals surface area contributed by atoms with Gasteiger partial charge in [0.05, 0.1) is 12.0 Å². The van der Waals surface area contributed by atoms with E-state index in [9.17, 15) is 15.3 Å². The van der Waals surface area contributed by atoms with Gasteiger partial charge in [-0.05, 0) is 64.4 Å². The van der Waals surface area contributed by atoms with Gasteiger partial charge in [-0.3, -0.25) is 4.79 Å². The van der Waals surface area contributed by atoms with Crippen LogP contribution in [0.3, 0.4) is 0 Å². The average molecular weight is 465 g/mol. The first-order valence-corrected chi connectivity index (χ1v) is 9.75. The van der Waals surface area contributed by atoms with Crippen molar-refractivity contribution in [1.82, 2.24) is 4.90 Å². The van der Waals surface area contributed by atoms with Gasteiger partial charge >= 0.3 is 0 Å². The summed E-state index contributed by atoms with van der Waals surface area (Å²) in [6.45, 7) is 1.56. The van der Waals surface area contributed by atoms with Gasteiger partial charge in [0.25, 0.3) is 0 Å². The van der Waals surface area contributed by atoms with Crippen molar-refractivity contribution in [3.63, 3.8) is 0 Å². The van der Waals surface area contributed by atoms with Crippen LogP contribution in [0.4, 0.5) is 0 Å². The van der Waals surface area contributed by atoms with Crippen LogP contribution in [0.15, 0.2) is 54.7 Å². The molecule has 0 saturated carbocycles. The lowest BCUT2D eigenvalue weighted by atomic mass is 9.73. The van der Waals surface area contributed by atoms with E-state index in [1.807, 2.05) is 60.8 Å². The Morgan fingerprint density at radius 2 is 1.78 bits per heavy atom. The summed E-state index contributed by atoms with van der Waals surface area (Å²) in [6, 6.07) is 19.8. The van der Waals surface area contributed by atoms with E-state index >= 15 is 0 Å². The molecule has 4 rings (SSSR count). The highest BCUT2D eigenvalue weighted by Crippen LogP contribution is 2.57. The zero-order chi connectivity index (χ0) is 19.2. The fourth-order valence-electron chi connectivity index (χ4n) is 4.50. The van der Waals surface area contributed by atoms with E-state index in [2.05, 4.69) is 34.7 Å². The minimum absolute atomic E-state index is 0.00831. The van der Waals surface area contributed by atoms with Crippen molar-refractivity contribution < 1.29 is 4.79 Å². The van der Waals surface area contributed by atoms with Crippen LogP contribution in [0, 0.1) is 32.2 Å². The fraction of sp³-hybridized carbons (Fsp3) is 0.227. The van der Waals surface area contributed by atoms with Gasteiger partial charge in [0, 0.05) is 15.7 Å². The minimum Gasteiger partial charge on any atom is -0.340 e. The Morgan fingerprint density at radius 3 is 2.41 bits per heavy atom. The molecule has 1 saturated heterocycles. The number of hydrogen-bond acceptors (Lipinski definition) is 4. The Labute approximate surface area is 171 Å². The van der Waals surface area contributed by atoms with E-state index in [4.69, 9.17) is 0 Å². The van der Waals surface area contributed by atoms with E-state index in [0.717, 1.165) is 20.3 Å². The van der Waals surface area contributed by atoms with E-state index in [0.29, 0.717) is 0 Å². The number of halogens is 1. The summed E-state index contributed by atoms with van der Waals surface area (Å²) < 4.78 is 1.07. The third-order valence-electron chi connectivity index (χ3n) is 5.63. The first-order chi connectivity index (χ1) is 13.0. The van der Waals surface area contributed by atoms with Gasteiger partial charge in [0.1, 0.15) is 17.9 Å². The predicted octanol–water partition coefficient (Wildman–Crippen LogP) is 4.41. The van der Waals surface area contributed by atoms with Crippen molar-refractivity contribution in [2.75, 3.05) is 0 Å². The molecule has 0 unspecified atom stereocenters. The normalized spacial score (nSPS) is 24.4. The molecule has 132 valence electrons. The van der Waals surface area contributed by atoms with E-state index in [1.165, 1.54) is 0 Å². The molecule has 2 aliphatic heterocycles. The van der Waals surface area contributed by atoms with E-state index < -0.39 is 17.4 Å². The Balaban J connectivity index is 1.99. The first-order valence-electron chi connectivity index (χ1n) is 8.67. The minimum atomic E-state index is -1.43. The molecule has 3 atom stereocenters. The van der Waals surface area contributed by atoms with Crippen LogP contribution in [-0.4, -0.2) is 16.2 Å². The van der Waals surface area contributed by atoms with Crippen molar-refractivity contribution in [3.8, 4) is 12.1 Å². The average Bonchev–Trinajstić information content (AvgIpc) is 3.00. The molecule has 0 radical (unpaired) electrons. The fourth-order valence-corrected chi connectivity index (χ4v) is 4.86. The summed E-state index contributed by atoms with van der Waals surface area (Å²) in [4.78, 5) is 14.6. The zero-order valence-corrected chi connectivity index (χ0v) is 16.8. The van der Waals surface area contributed by atoms with Gasteiger partial charge in [0.15, 0.2) is 0 Å².